The fourth-order valence-electron chi connectivity index (χ4n) is 5.26. The van der Waals surface area contributed by atoms with Crippen molar-refractivity contribution in [1.82, 2.24) is 5.32 Å². The zero-order chi connectivity index (χ0) is 25.1. The number of nitrogens with one attached hydrogen (secondary N) is 1. The van der Waals surface area contributed by atoms with E-state index in [0.29, 0.717) is 0 Å². The maximum atomic E-state index is 13.9. The van der Waals surface area contributed by atoms with Crippen LogP contribution in [0.1, 0.15) is 61.6 Å². The molecule has 1 atom stereocenters. The Hall–Kier alpha value is -3.48. The molecule has 2 fully saturated rings. The van der Waals surface area contributed by atoms with E-state index >= 15 is 0 Å². The van der Waals surface area contributed by atoms with Crippen LogP contribution < -0.4 is 10.2 Å². The van der Waals surface area contributed by atoms with Crippen molar-refractivity contribution in [1.29, 1.82) is 0 Å². The third-order valence-electron chi connectivity index (χ3n) is 7.36. The molecular weight excluding hydrogens is 454 g/mol. The Morgan fingerprint density at radius 2 is 1.75 bits per heavy atom. The number of aryl methyl sites for hydroxylation is 1. The molecule has 7 nitrogen and oxygen atoms in total. The first kappa shape index (κ1) is 24.2. The Kier molecular flexibility index (Phi) is 7.16. The minimum atomic E-state index is -1.14. The molecule has 2 aromatic carbocycles. The molecule has 1 heterocycles. The molecule has 0 unspecified atom stereocenters. The van der Waals surface area contributed by atoms with Crippen LogP contribution in [-0.2, 0) is 20.9 Å². The van der Waals surface area contributed by atoms with Crippen molar-refractivity contribution < 1.29 is 19.1 Å². The van der Waals surface area contributed by atoms with Gasteiger partial charge in [-0.05, 0) is 43.7 Å². The van der Waals surface area contributed by atoms with Gasteiger partial charge in [0.25, 0.3) is 5.91 Å². The summed E-state index contributed by atoms with van der Waals surface area (Å²) < 4.78 is 5.39. The summed E-state index contributed by atoms with van der Waals surface area (Å²) in [7, 11) is 0. The number of anilines is 1. The zero-order valence-corrected chi connectivity index (χ0v) is 20.7. The maximum Gasteiger partial charge on any atom is 0.409 e. The molecule has 36 heavy (non-hydrogen) atoms. The summed E-state index contributed by atoms with van der Waals surface area (Å²) >= 11 is 0. The van der Waals surface area contributed by atoms with Crippen LogP contribution >= 0.6 is 0 Å². The average molecular weight is 488 g/mol. The van der Waals surface area contributed by atoms with Gasteiger partial charge in [0.2, 0.25) is 6.17 Å². The minimum absolute atomic E-state index is 0.00787. The van der Waals surface area contributed by atoms with Crippen LogP contribution in [0.2, 0.25) is 0 Å². The molecule has 2 saturated carbocycles. The molecule has 2 amide bonds. The van der Waals surface area contributed by atoms with E-state index in [4.69, 9.17) is 9.73 Å². The molecule has 0 saturated heterocycles. The van der Waals surface area contributed by atoms with Crippen molar-refractivity contribution in [2.45, 2.75) is 64.6 Å². The largest absolute Gasteiger partial charge is 0.445 e. The van der Waals surface area contributed by atoms with Crippen molar-refractivity contribution in [2.75, 3.05) is 11.4 Å². The van der Waals surface area contributed by atoms with Gasteiger partial charge in [-0.1, -0.05) is 67.8 Å². The number of fused-ring (bicyclic) bond motifs is 1. The minimum Gasteiger partial charge on any atom is -0.445 e. The number of nitrogens with zero attached hydrogens (tertiary/aromatic N) is 2. The lowest BCUT2D eigenvalue weighted by atomic mass is 9.86. The number of carbonyl (C=O) groups excluding carboxylic acids is 3. The van der Waals surface area contributed by atoms with Crippen molar-refractivity contribution in [3.8, 4) is 0 Å². The van der Waals surface area contributed by atoms with Gasteiger partial charge < -0.3 is 9.64 Å². The Morgan fingerprint density at radius 1 is 1.00 bits per heavy atom. The third-order valence-corrected chi connectivity index (χ3v) is 7.36. The number of carbonyl (C=O) groups is 3. The van der Waals surface area contributed by atoms with Gasteiger partial charge in [-0.15, -0.1) is 0 Å². The van der Waals surface area contributed by atoms with Crippen LogP contribution in [-0.4, -0.2) is 36.2 Å². The van der Waals surface area contributed by atoms with Gasteiger partial charge >= 0.3 is 6.09 Å². The highest BCUT2D eigenvalue weighted by Gasteiger charge is 2.40. The molecule has 0 radical (unpaired) electrons. The highest BCUT2D eigenvalue weighted by Crippen LogP contribution is 2.39. The number of alkyl carbamates (subject to hydrolysis) is 1. The molecule has 2 aromatic rings. The second-order valence-electron chi connectivity index (χ2n) is 10.1. The van der Waals surface area contributed by atoms with E-state index in [1.807, 2.05) is 55.5 Å². The first-order valence-electron chi connectivity index (χ1n) is 13.0. The Balaban J connectivity index is 1.42. The van der Waals surface area contributed by atoms with Crippen molar-refractivity contribution in [3.05, 3.63) is 65.2 Å². The number of aliphatic imine (C=N–C) groups is 1. The lowest BCUT2D eigenvalue weighted by Gasteiger charge is -2.29. The molecule has 0 spiro atoms. The SMILES string of the molecule is Cc1cccc2c1N(CC(=O)C1CCCCC1)C(=O)[C@@H](NC(=O)OCc1ccccc1)N=C2C1CC1. The van der Waals surface area contributed by atoms with E-state index in [0.717, 1.165) is 73.0 Å². The van der Waals surface area contributed by atoms with Gasteiger partial charge in [0.1, 0.15) is 6.61 Å². The second-order valence-corrected chi connectivity index (χ2v) is 10.1. The summed E-state index contributed by atoms with van der Waals surface area (Å²) in [5.41, 5.74) is 4.20. The molecule has 1 aliphatic heterocycles. The van der Waals surface area contributed by atoms with Crippen LogP contribution in [0.4, 0.5) is 10.5 Å². The first-order chi connectivity index (χ1) is 17.5. The molecule has 188 valence electrons. The number of hydrogen-bond donors (Lipinski definition) is 1. The van der Waals surface area contributed by atoms with Gasteiger partial charge in [-0.25, -0.2) is 4.79 Å². The van der Waals surface area contributed by atoms with Gasteiger partial charge in [0.15, 0.2) is 5.78 Å². The second kappa shape index (κ2) is 10.6. The fraction of sp³-hybridized carbons (Fsp3) is 0.448. The average Bonchev–Trinajstić information content (AvgIpc) is 3.75. The number of benzene rings is 2. The Labute approximate surface area is 211 Å². The number of benzodiazepines with no additional fused rings is 1. The maximum absolute atomic E-state index is 13.9. The number of ether oxygens (including phenoxy) is 1. The first-order valence-corrected chi connectivity index (χ1v) is 13.0. The fourth-order valence-corrected chi connectivity index (χ4v) is 5.26. The third kappa shape index (κ3) is 5.35. The molecular formula is C29H33N3O4. The number of amides is 2. The zero-order valence-electron chi connectivity index (χ0n) is 20.7. The highest BCUT2D eigenvalue weighted by atomic mass is 16.5. The van der Waals surface area contributed by atoms with Crippen LogP contribution in [0.3, 0.4) is 0 Å². The van der Waals surface area contributed by atoms with Crippen LogP contribution in [0.25, 0.3) is 0 Å². The number of Topliss-reactive ketones (excluding diaryl/α,β-unsaturated/α-hetero) is 1. The van der Waals surface area contributed by atoms with Crippen molar-refractivity contribution >= 4 is 29.2 Å². The van der Waals surface area contributed by atoms with Crippen LogP contribution in [0.15, 0.2) is 53.5 Å². The number of para-hydroxylation sites is 1. The number of hydrogen-bond acceptors (Lipinski definition) is 5. The van der Waals surface area contributed by atoms with E-state index < -0.39 is 18.2 Å². The summed E-state index contributed by atoms with van der Waals surface area (Å²) in [6.45, 7) is 2.04. The summed E-state index contributed by atoms with van der Waals surface area (Å²) in [6, 6.07) is 15.3. The summed E-state index contributed by atoms with van der Waals surface area (Å²) in [5, 5.41) is 2.68. The molecule has 0 aromatic heterocycles. The van der Waals surface area contributed by atoms with Crippen LogP contribution in [0.5, 0.6) is 0 Å². The van der Waals surface area contributed by atoms with Gasteiger partial charge in [0.05, 0.1) is 17.9 Å². The normalized spacial score (nSPS) is 20.2. The van der Waals surface area contributed by atoms with Gasteiger partial charge in [-0.2, -0.15) is 0 Å². The van der Waals surface area contributed by atoms with Gasteiger partial charge in [-0.3, -0.25) is 19.9 Å². The molecule has 2 aliphatic carbocycles. The molecule has 0 bridgehead atoms. The molecule has 1 N–H and O–H groups in total. The highest BCUT2D eigenvalue weighted by molar-refractivity contribution is 6.16. The summed E-state index contributed by atoms with van der Waals surface area (Å²) in [4.78, 5) is 46.2. The predicted molar refractivity (Wildman–Crippen MR) is 138 cm³/mol. The Morgan fingerprint density at radius 3 is 2.47 bits per heavy atom. The van der Waals surface area contributed by atoms with E-state index in [9.17, 15) is 14.4 Å². The van der Waals surface area contributed by atoms with E-state index in [-0.39, 0.29) is 30.8 Å². The molecule has 3 aliphatic rings. The van der Waals surface area contributed by atoms with Crippen LogP contribution in [0, 0.1) is 18.8 Å². The van der Waals surface area contributed by atoms with E-state index in [1.165, 1.54) is 0 Å². The monoisotopic (exact) mass is 487 g/mol. The van der Waals surface area contributed by atoms with Crippen molar-refractivity contribution in [2.24, 2.45) is 16.8 Å². The smallest absolute Gasteiger partial charge is 0.409 e. The summed E-state index contributed by atoms with van der Waals surface area (Å²) in [5.74, 6) is -0.0927. The number of rotatable bonds is 7. The lowest BCUT2D eigenvalue weighted by Crippen LogP contribution is -2.49. The quantitative estimate of drug-likeness (QED) is 0.599. The van der Waals surface area contributed by atoms with E-state index in [2.05, 4.69) is 5.32 Å². The number of ketones is 1. The predicted octanol–water partition coefficient (Wildman–Crippen LogP) is 4.94. The van der Waals surface area contributed by atoms with E-state index in [1.54, 1.807) is 4.90 Å². The summed E-state index contributed by atoms with van der Waals surface area (Å²) in [6.07, 6.45) is 5.13. The lowest BCUT2D eigenvalue weighted by molar-refractivity contribution is -0.126. The van der Waals surface area contributed by atoms with Crippen molar-refractivity contribution in [3.63, 3.8) is 0 Å². The van der Waals surface area contributed by atoms with Gasteiger partial charge in [0, 0.05) is 17.4 Å². The standard InChI is InChI=1S/C29H33N3O4/c1-19-9-8-14-23-25(22-15-16-22)30-27(31-29(35)36-18-20-10-4-2-5-11-20)28(34)32(26(19)23)17-24(33)21-12-6-3-7-13-21/h2,4-5,8-11,14,21-22,27H,3,6-7,12-13,15-18H2,1H3,(H,31,35)/t27-/m1/s1. The molecule has 5 rings (SSSR count). The Bertz CT molecular complexity index is 1170. The molecule has 7 heteroatoms. The topological polar surface area (TPSA) is 88.1 Å².